The molecule has 30 heavy (non-hydrogen) atoms. The van der Waals surface area contributed by atoms with Crippen LogP contribution in [0, 0.1) is 6.92 Å². The minimum absolute atomic E-state index is 0.0356. The van der Waals surface area contributed by atoms with E-state index in [1.165, 1.54) is 0 Å². The third kappa shape index (κ3) is 4.17. The molecule has 3 aromatic rings. The minimum atomic E-state index is -0.558. The van der Waals surface area contributed by atoms with Gasteiger partial charge in [0, 0.05) is 42.0 Å². The van der Waals surface area contributed by atoms with E-state index in [2.05, 4.69) is 9.88 Å². The van der Waals surface area contributed by atoms with Gasteiger partial charge in [-0.25, -0.2) is 4.98 Å². The summed E-state index contributed by atoms with van der Waals surface area (Å²) in [5.41, 5.74) is 8.79. The molecule has 1 saturated heterocycles. The largest absolute Gasteiger partial charge is 0.472 e. The van der Waals surface area contributed by atoms with E-state index in [1.807, 2.05) is 37.3 Å². The number of aryl methyl sites for hydroxylation is 1. The number of ether oxygens (including phenoxy) is 1. The van der Waals surface area contributed by atoms with E-state index in [0.29, 0.717) is 29.1 Å². The summed E-state index contributed by atoms with van der Waals surface area (Å²) in [6, 6.07) is 17.9. The van der Waals surface area contributed by atoms with Crippen molar-refractivity contribution in [2.24, 2.45) is 5.73 Å². The second-order valence-electron chi connectivity index (χ2n) is 7.44. The highest BCUT2D eigenvalue weighted by atomic mass is 16.5. The molecule has 0 radical (unpaired) electrons. The second-order valence-corrected chi connectivity index (χ2v) is 7.44. The summed E-state index contributed by atoms with van der Waals surface area (Å²) in [6.45, 7) is 3.32. The maximum Gasteiger partial charge on any atom is 0.250 e. The van der Waals surface area contributed by atoms with Gasteiger partial charge in [0.1, 0.15) is 6.10 Å². The van der Waals surface area contributed by atoms with Crippen LogP contribution in [0.3, 0.4) is 0 Å². The Morgan fingerprint density at radius 2 is 1.87 bits per heavy atom. The van der Waals surface area contributed by atoms with E-state index in [0.717, 1.165) is 24.2 Å². The lowest BCUT2D eigenvalue weighted by molar-refractivity contribution is 0.100. The summed E-state index contributed by atoms with van der Waals surface area (Å²) >= 11 is 0. The fraction of sp³-hybridized carbons (Fsp3) is 0.208. The SMILES string of the molecule is Cc1ccc(O[C@@H]2CCN(c3ccc(C(=O)c4ccccc4)cc3C(N)=O)C2)nc1. The van der Waals surface area contributed by atoms with Gasteiger partial charge >= 0.3 is 0 Å². The van der Waals surface area contributed by atoms with Crippen molar-refractivity contribution < 1.29 is 14.3 Å². The zero-order valence-corrected chi connectivity index (χ0v) is 16.7. The first kappa shape index (κ1) is 19.6. The first-order valence-corrected chi connectivity index (χ1v) is 9.89. The summed E-state index contributed by atoms with van der Waals surface area (Å²) in [6.07, 6.45) is 2.54. The van der Waals surface area contributed by atoms with Gasteiger partial charge in [-0.1, -0.05) is 36.4 Å². The van der Waals surface area contributed by atoms with E-state index < -0.39 is 5.91 Å². The molecule has 2 aromatic carbocycles. The number of hydrogen-bond donors (Lipinski definition) is 1. The zero-order chi connectivity index (χ0) is 21.1. The van der Waals surface area contributed by atoms with Gasteiger partial charge < -0.3 is 15.4 Å². The van der Waals surface area contributed by atoms with E-state index in [9.17, 15) is 9.59 Å². The summed E-state index contributed by atoms with van der Waals surface area (Å²) in [5.74, 6) is -0.110. The molecule has 0 aliphatic carbocycles. The Kier molecular flexibility index (Phi) is 5.48. The Morgan fingerprint density at radius 3 is 2.57 bits per heavy atom. The van der Waals surface area contributed by atoms with Crippen molar-refractivity contribution in [1.29, 1.82) is 0 Å². The summed E-state index contributed by atoms with van der Waals surface area (Å²) in [4.78, 5) is 31.2. The quantitative estimate of drug-likeness (QED) is 0.640. The van der Waals surface area contributed by atoms with Gasteiger partial charge in [-0.3, -0.25) is 9.59 Å². The van der Waals surface area contributed by atoms with Crippen LogP contribution >= 0.6 is 0 Å². The van der Waals surface area contributed by atoms with Crippen LogP contribution in [0.2, 0.25) is 0 Å². The Bertz CT molecular complexity index is 1060. The lowest BCUT2D eigenvalue weighted by atomic mass is 9.99. The van der Waals surface area contributed by atoms with Crippen molar-refractivity contribution in [2.75, 3.05) is 18.0 Å². The minimum Gasteiger partial charge on any atom is -0.472 e. The zero-order valence-electron chi connectivity index (χ0n) is 16.7. The maximum absolute atomic E-state index is 12.7. The molecule has 0 unspecified atom stereocenters. The van der Waals surface area contributed by atoms with Crippen LogP contribution in [0.25, 0.3) is 0 Å². The van der Waals surface area contributed by atoms with Crippen molar-refractivity contribution >= 4 is 17.4 Å². The molecule has 6 heteroatoms. The molecule has 2 N–H and O–H groups in total. The highest BCUT2D eigenvalue weighted by molar-refractivity contribution is 6.11. The van der Waals surface area contributed by atoms with Crippen LogP contribution in [0.15, 0.2) is 66.9 Å². The topological polar surface area (TPSA) is 85.5 Å². The fourth-order valence-corrected chi connectivity index (χ4v) is 3.64. The first-order chi connectivity index (χ1) is 14.5. The molecule has 1 aromatic heterocycles. The van der Waals surface area contributed by atoms with Crippen LogP contribution in [0.5, 0.6) is 5.88 Å². The maximum atomic E-state index is 12.7. The van der Waals surface area contributed by atoms with Crippen molar-refractivity contribution in [2.45, 2.75) is 19.4 Å². The first-order valence-electron chi connectivity index (χ1n) is 9.89. The van der Waals surface area contributed by atoms with Crippen LogP contribution < -0.4 is 15.4 Å². The van der Waals surface area contributed by atoms with Gasteiger partial charge in [0.2, 0.25) is 5.88 Å². The number of nitrogens with two attached hydrogens (primary N) is 1. The highest BCUT2D eigenvalue weighted by Gasteiger charge is 2.27. The summed E-state index contributed by atoms with van der Waals surface area (Å²) < 4.78 is 5.98. The standard InChI is InChI=1S/C24H23N3O3/c1-16-7-10-22(26-14-16)30-19-11-12-27(15-19)21-9-8-18(13-20(21)24(25)29)23(28)17-5-3-2-4-6-17/h2-10,13-14,19H,11-12,15H2,1H3,(H2,25,29)/t19-/m1/s1. The predicted molar refractivity (Wildman–Crippen MR) is 115 cm³/mol. The van der Waals surface area contributed by atoms with E-state index in [1.54, 1.807) is 36.5 Å². The average Bonchev–Trinajstić information content (AvgIpc) is 3.23. The summed E-state index contributed by atoms with van der Waals surface area (Å²) in [5, 5.41) is 0. The molecule has 1 aliphatic rings. The third-order valence-corrected chi connectivity index (χ3v) is 5.22. The van der Waals surface area contributed by atoms with Crippen LogP contribution in [0.1, 0.15) is 38.3 Å². The number of rotatable bonds is 6. The Hall–Kier alpha value is -3.67. The van der Waals surface area contributed by atoms with Crippen LogP contribution in [-0.4, -0.2) is 35.9 Å². The molecule has 6 nitrogen and oxygen atoms in total. The number of anilines is 1. The van der Waals surface area contributed by atoms with Crippen molar-refractivity contribution in [1.82, 2.24) is 4.98 Å². The lowest BCUT2D eigenvalue weighted by Gasteiger charge is -2.21. The number of hydrogen-bond acceptors (Lipinski definition) is 5. The highest BCUT2D eigenvalue weighted by Crippen LogP contribution is 2.28. The van der Waals surface area contributed by atoms with Crippen LogP contribution in [-0.2, 0) is 0 Å². The number of pyridine rings is 1. The van der Waals surface area contributed by atoms with Crippen molar-refractivity contribution in [3.63, 3.8) is 0 Å². The number of primary amides is 1. The number of carbonyl (C=O) groups is 2. The van der Waals surface area contributed by atoms with Crippen molar-refractivity contribution in [3.8, 4) is 5.88 Å². The van der Waals surface area contributed by atoms with Gasteiger partial charge in [0.05, 0.1) is 12.1 Å². The number of benzene rings is 2. The Morgan fingerprint density at radius 1 is 1.07 bits per heavy atom. The van der Waals surface area contributed by atoms with Crippen molar-refractivity contribution in [3.05, 3.63) is 89.1 Å². The van der Waals surface area contributed by atoms with Gasteiger partial charge in [0.25, 0.3) is 5.91 Å². The number of aromatic nitrogens is 1. The molecule has 2 heterocycles. The normalized spacial score (nSPS) is 15.8. The molecule has 1 fully saturated rings. The second kappa shape index (κ2) is 8.37. The van der Waals surface area contributed by atoms with Gasteiger partial charge in [0.15, 0.2) is 5.78 Å². The predicted octanol–water partition coefficient (Wildman–Crippen LogP) is 3.38. The molecule has 0 bridgehead atoms. The molecule has 4 rings (SSSR count). The molecule has 0 spiro atoms. The van der Waals surface area contributed by atoms with E-state index in [4.69, 9.17) is 10.5 Å². The molecule has 1 atom stereocenters. The number of amides is 1. The molecule has 0 saturated carbocycles. The summed E-state index contributed by atoms with van der Waals surface area (Å²) in [7, 11) is 0. The monoisotopic (exact) mass is 401 g/mol. The van der Waals surface area contributed by atoms with Crippen LogP contribution in [0.4, 0.5) is 5.69 Å². The van der Waals surface area contributed by atoms with Gasteiger partial charge in [-0.05, 0) is 30.7 Å². The number of ketones is 1. The smallest absolute Gasteiger partial charge is 0.250 e. The number of carbonyl (C=O) groups excluding carboxylic acids is 2. The molecular formula is C24H23N3O3. The molecule has 1 amide bonds. The van der Waals surface area contributed by atoms with Gasteiger partial charge in [-0.2, -0.15) is 0 Å². The van der Waals surface area contributed by atoms with E-state index >= 15 is 0 Å². The Balaban J connectivity index is 1.53. The molecule has 1 aliphatic heterocycles. The average molecular weight is 401 g/mol. The third-order valence-electron chi connectivity index (χ3n) is 5.22. The molecule has 152 valence electrons. The lowest BCUT2D eigenvalue weighted by Crippen LogP contribution is -2.27. The van der Waals surface area contributed by atoms with E-state index in [-0.39, 0.29) is 11.9 Å². The van der Waals surface area contributed by atoms with Gasteiger partial charge in [-0.15, -0.1) is 0 Å². The fourth-order valence-electron chi connectivity index (χ4n) is 3.64. The molecular weight excluding hydrogens is 378 g/mol. The number of nitrogens with zero attached hydrogens (tertiary/aromatic N) is 2. The Labute approximate surface area is 175 Å².